The van der Waals surface area contributed by atoms with E-state index in [1.165, 1.54) is 19.3 Å². The maximum Gasteiger partial charge on any atom is 0.335 e. The second-order valence-corrected chi connectivity index (χ2v) is 4.42. The normalized spacial score (nSPS) is 40.2. The highest BCUT2D eigenvalue weighted by molar-refractivity contribution is 5.77. The molecule has 13 heavy (non-hydrogen) atoms. The van der Waals surface area contributed by atoms with Crippen LogP contribution in [0.4, 0.5) is 0 Å². The fraction of sp³-hybridized carbons (Fsp3) is 0.900. The van der Waals surface area contributed by atoms with Gasteiger partial charge in [-0.25, -0.2) is 4.79 Å². The maximum absolute atomic E-state index is 10.9. The van der Waals surface area contributed by atoms with Gasteiger partial charge in [-0.1, -0.05) is 6.42 Å². The molecule has 74 valence electrons. The molecule has 0 spiro atoms. The highest BCUT2D eigenvalue weighted by Gasteiger charge is 2.45. The van der Waals surface area contributed by atoms with E-state index in [4.69, 9.17) is 9.84 Å². The van der Waals surface area contributed by atoms with Gasteiger partial charge in [0, 0.05) is 0 Å². The number of hydrogen-bond acceptors (Lipinski definition) is 2. The quantitative estimate of drug-likeness (QED) is 0.712. The van der Waals surface area contributed by atoms with Crippen molar-refractivity contribution in [1.29, 1.82) is 0 Å². The predicted molar refractivity (Wildman–Crippen MR) is 47.5 cm³/mol. The predicted octanol–water partition coefficient (Wildman–Crippen LogP) is 1.81. The summed E-state index contributed by atoms with van der Waals surface area (Å²) < 4.78 is 5.61. The molecule has 0 bridgehead atoms. The molecular formula is C10H16O3. The Morgan fingerprint density at radius 1 is 1.46 bits per heavy atom. The Labute approximate surface area is 78.1 Å². The molecular weight excluding hydrogens is 168 g/mol. The van der Waals surface area contributed by atoms with Gasteiger partial charge >= 0.3 is 5.97 Å². The average molecular weight is 184 g/mol. The van der Waals surface area contributed by atoms with Crippen LogP contribution in [0.3, 0.4) is 0 Å². The number of carboxylic acid groups (broad SMARTS) is 1. The Bertz CT molecular complexity index is 222. The number of carboxylic acids is 1. The van der Waals surface area contributed by atoms with Gasteiger partial charge in [0.2, 0.25) is 0 Å². The SMILES string of the molecule is CC1(C(=O)O)CCC(C2CCC2)O1. The summed E-state index contributed by atoms with van der Waals surface area (Å²) in [6, 6.07) is 0. The molecule has 3 heteroatoms. The molecule has 0 aromatic carbocycles. The van der Waals surface area contributed by atoms with Gasteiger partial charge in [-0.3, -0.25) is 0 Å². The van der Waals surface area contributed by atoms with Crippen LogP contribution in [-0.4, -0.2) is 22.8 Å². The van der Waals surface area contributed by atoms with Crippen LogP contribution in [0.2, 0.25) is 0 Å². The van der Waals surface area contributed by atoms with E-state index in [1.54, 1.807) is 6.92 Å². The van der Waals surface area contributed by atoms with Gasteiger partial charge in [-0.15, -0.1) is 0 Å². The number of carbonyl (C=O) groups is 1. The van der Waals surface area contributed by atoms with E-state index < -0.39 is 11.6 Å². The molecule has 0 aromatic rings. The Morgan fingerprint density at radius 2 is 2.15 bits per heavy atom. The number of ether oxygens (including phenoxy) is 1. The van der Waals surface area contributed by atoms with Gasteiger partial charge in [-0.2, -0.15) is 0 Å². The maximum atomic E-state index is 10.9. The lowest BCUT2D eigenvalue weighted by Gasteiger charge is -2.32. The minimum absolute atomic E-state index is 0.217. The largest absolute Gasteiger partial charge is 0.479 e. The summed E-state index contributed by atoms with van der Waals surface area (Å²) in [5, 5.41) is 8.94. The lowest BCUT2D eigenvalue weighted by atomic mass is 9.80. The van der Waals surface area contributed by atoms with Crippen LogP contribution in [0.15, 0.2) is 0 Å². The van der Waals surface area contributed by atoms with Crippen molar-refractivity contribution < 1.29 is 14.6 Å². The average Bonchev–Trinajstić information content (AvgIpc) is 2.30. The highest BCUT2D eigenvalue weighted by Crippen LogP contribution is 2.41. The highest BCUT2D eigenvalue weighted by atomic mass is 16.5. The van der Waals surface area contributed by atoms with Crippen LogP contribution in [0.25, 0.3) is 0 Å². The van der Waals surface area contributed by atoms with E-state index in [9.17, 15) is 4.79 Å². The molecule has 0 amide bonds. The first-order valence-corrected chi connectivity index (χ1v) is 5.03. The summed E-state index contributed by atoms with van der Waals surface area (Å²) in [6.45, 7) is 1.69. The van der Waals surface area contributed by atoms with E-state index in [-0.39, 0.29) is 6.10 Å². The number of rotatable bonds is 2. The van der Waals surface area contributed by atoms with Crippen LogP contribution < -0.4 is 0 Å². The molecule has 1 saturated heterocycles. The van der Waals surface area contributed by atoms with Gasteiger partial charge in [-0.05, 0) is 38.5 Å². The molecule has 1 N–H and O–H groups in total. The molecule has 1 aliphatic heterocycles. The van der Waals surface area contributed by atoms with Crippen molar-refractivity contribution in [3.8, 4) is 0 Å². The third-order valence-electron chi connectivity index (χ3n) is 3.45. The molecule has 0 radical (unpaired) electrons. The van der Waals surface area contributed by atoms with Crippen molar-refractivity contribution in [2.24, 2.45) is 5.92 Å². The van der Waals surface area contributed by atoms with Crippen LogP contribution in [0.5, 0.6) is 0 Å². The first kappa shape index (κ1) is 9.00. The van der Waals surface area contributed by atoms with Gasteiger partial charge in [0.15, 0.2) is 5.60 Å². The summed E-state index contributed by atoms with van der Waals surface area (Å²) >= 11 is 0. The van der Waals surface area contributed by atoms with Crippen molar-refractivity contribution >= 4 is 5.97 Å². The van der Waals surface area contributed by atoms with Crippen molar-refractivity contribution in [1.82, 2.24) is 0 Å². The number of aliphatic carboxylic acids is 1. The van der Waals surface area contributed by atoms with E-state index in [0.29, 0.717) is 12.3 Å². The second-order valence-electron chi connectivity index (χ2n) is 4.42. The van der Waals surface area contributed by atoms with Gasteiger partial charge in [0.25, 0.3) is 0 Å². The third kappa shape index (κ3) is 1.46. The van der Waals surface area contributed by atoms with Crippen molar-refractivity contribution in [3.63, 3.8) is 0 Å². The monoisotopic (exact) mass is 184 g/mol. The van der Waals surface area contributed by atoms with Crippen LogP contribution in [0.1, 0.15) is 39.0 Å². The Kier molecular flexibility index (Phi) is 2.06. The third-order valence-corrected chi connectivity index (χ3v) is 3.45. The van der Waals surface area contributed by atoms with Crippen LogP contribution >= 0.6 is 0 Å². The first-order valence-electron chi connectivity index (χ1n) is 5.03. The Balaban J connectivity index is 1.96. The molecule has 2 unspecified atom stereocenters. The Morgan fingerprint density at radius 3 is 2.54 bits per heavy atom. The molecule has 2 rings (SSSR count). The summed E-state index contributed by atoms with van der Waals surface area (Å²) in [6.07, 6.45) is 5.54. The minimum Gasteiger partial charge on any atom is -0.479 e. The standard InChI is InChI=1S/C10H16O3/c1-10(9(11)12)6-5-8(13-10)7-3-2-4-7/h7-8H,2-6H2,1H3,(H,11,12). The molecule has 2 atom stereocenters. The fourth-order valence-corrected chi connectivity index (χ4v) is 2.17. The topological polar surface area (TPSA) is 46.5 Å². The zero-order chi connectivity index (χ0) is 9.47. The second kappa shape index (κ2) is 2.98. The summed E-state index contributed by atoms with van der Waals surface area (Å²) in [7, 11) is 0. The van der Waals surface area contributed by atoms with E-state index in [2.05, 4.69) is 0 Å². The van der Waals surface area contributed by atoms with Crippen molar-refractivity contribution in [3.05, 3.63) is 0 Å². The molecule has 1 aliphatic carbocycles. The van der Waals surface area contributed by atoms with Crippen molar-refractivity contribution in [2.45, 2.75) is 50.7 Å². The number of hydrogen-bond donors (Lipinski definition) is 1. The van der Waals surface area contributed by atoms with E-state index in [1.807, 2.05) is 0 Å². The minimum atomic E-state index is -0.903. The zero-order valence-electron chi connectivity index (χ0n) is 7.95. The summed E-state index contributed by atoms with van der Waals surface area (Å²) in [5.41, 5.74) is -0.903. The molecule has 3 nitrogen and oxygen atoms in total. The smallest absolute Gasteiger partial charge is 0.335 e. The van der Waals surface area contributed by atoms with Crippen molar-refractivity contribution in [2.75, 3.05) is 0 Å². The molecule has 0 aromatic heterocycles. The molecule has 1 saturated carbocycles. The van der Waals surface area contributed by atoms with Gasteiger partial charge in [0.05, 0.1) is 6.10 Å². The lowest BCUT2D eigenvalue weighted by Crippen LogP contribution is -2.37. The van der Waals surface area contributed by atoms with E-state index >= 15 is 0 Å². The fourth-order valence-electron chi connectivity index (χ4n) is 2.17. The van der Waals surface area contributed by atoms with E-state index in [0.717, 1.165) is 6.42 Å². The first-order chi connectivity index (χ1) is 6.12. The molecule has 2 aliphatic rings. The van der Waals surface area contributed by atoms with Crippen LogP contribution in [0, 0.1) is 5.92 Å². The summed E-state index contributed by atoms with van der Waals surface area (Å²) in [4.78, 5) is 10.9. The Hall–Kier alpha value is -0.570. The molecule has 1 heterocycles. The van der Waals surface area contributed by atoms with Gasteiger partial charge in [0.1, 0.15) is 0 Å². The molecule has 2 fully saturated rings. The summed E-state index contributed by atoms with van der Waals surface area (Å²) in [5.74, 6) is -0.171. The van der Waals surface area contributed by atoms with Crippen LogP contribution in [-0.2, 0) is 9.53 Å². The van der Waals surface area contributed by atoms with Gasteiger partial charge < -0.3 is 9.84 Å². The lowest BCUT2D eigenvalue weighted by molar-refractivity contribution is -0.165. The zero-order valence-corrected chi connectivity index (χ0v) is 7.95.